The highest BCUT2D eigenvalue weighted by Gasteiger charge is 2.11. The van der Waals surface area contributed by atoms with Crippen LogP contribution in [0.2, 0.25) is 0 Å². The number of nitrogens with zero attached hydrogens (tertiary/aromatic N) is 2. The van der Waals surface area contributed by atoms with Gasteiger partial charge in [-0.3, -0.25) is 9.36 Å². The van der Waals surface area contributed by atoms with E-state index in [-0.39, 0.29) is 11.9 Å². The third-order valence-electron chi connectivity index (χ3n) is 4.51. The van der Waals surface area contributed by atoms with E-state index in [1.54, 1.807) is 6.33 Å². The van der Waals surface area contributed by atoms with Crippen LogP contribution in [0.25, 0.3) is 16.7 Å². The molecule has 1 N–H and O–H groups in total. The predicted octanol–water partition coefficient (Wildman–Crippen LogP) is 4.52. The lowest BCUT2D eigenvalue weighted by Gasteiger charge is -2.14. The molecule has 1 amide bonds. The molecule has 0 bridgehead atoms. The van der Waals surface area contributed by atoms with Crippen LogP contribution >= 0.6 is 0 Å². The van der Waals surface area contributed by atoms with Gasteiger partial charge in [0.1, 0.15) is 6.33 Å². The summed E-state index contributed by atoms with van der Waals surface area (Å²) in [6, 6.07) is 25.5. The van der Waals surface area contributed by atoms with Crippen LogP contribution in [0.4, 0.5) is 0 Å². The lowest BCUT2D eigenvalue weighted by molar-refractivity contribution is 0.0940. The van der Waals surface area contributed by atoms with Gasteiger partial charge in [-0.1, -0.05) is 42.5 Å². The Morgan fingerprint density at radius 3 is 2.38 bits per heavy atom. The first-order valence-electron chi connectivity index (χ1n) is 8.61. The molecule has 128 valence electrons. The average molecular weight is 341 g/mol. The number of para-hydroxylation sites is 2. The number of amides is 1. The number of rotatable bonds is 4. The van der Waals surface area contributed by atoms with Crippen molar-refractivity contribution in [2.24, 2.45) is 0 Å². The van der Waals surface area contributed by atoms with E-state index in [4.69, 9.17) is 0 Å². The van der Waals surface area contributed by atoms with Gasteiger partial charge in [0, 0.05) is 11.3 Å². The molecule has 3 aromatic carbocycles. The summed E-state index contributed by atoms with van der Waals surface area (Å²) in [4.78, 5) is 16.9. The fourth-order valence-electron chi connectivity index (χ4n) is 3.04. The van der Waals surface area contributed by atoms with Gasteiger partial charge in [-0.25, -0.2) is 4.98 Å². The summed E-state index contributed by atoms with van der Waals surface area (Å²) < 4.78 is 2.02. The second kappa shape index (κ2) is 6.84. The van der Waals surface area contributed by atoms with Crippen molar-refractivity contribution >= 4 is 16.9 Å². The van der Waals surface area contributed by atoms with E-state index in [1.165, 1.54) is 0 Å². The SMILES string of the molecule is C[C@H](NC(=O)c1ccc(-n2cnc3ccccc32)cc1)c1ccccc1. The van der Waals surface area contributed by atoms with Crippen LogP contribution in [-0.2, 0) is 0 Å². The Morgan fingerprint density at radius 2 is 1.62 bits per heavy atom. The highest BCUT2D eigenvalue weighted by atomic mass is 16.1. The minimum atomic E-state index is -0.0802. The Kier molecular flexibility index (Phi) is 4.23. The number of imidazole rings is 1. The number of nitrogens with one attached hydrogen (secondary N) is 1. The van der Waals surface area contributed by atoms with Gasteiger partial charge >= 0.3 is 0 Å². The number of carbonyl (C=O) groups is 1. The monoisotopic (exact) mass is 341 g/mol. The van der Waals surface area contributed by atoms with E-state index >= 15 is 0 Å². The Bertz CT molecular complexity index is 1040. The van der Waals surface area contributed by atoms with Gasteiger partial charge in [-0.05, 0) is 48.9 Å². The van der Waals surface area contributed by atoms with Crippen molar-refractivity contribution in [3.8, 4) is 5.69 Å². The molecule has 4 aromatic rings. The molecule has 4 heteroatoms. The van der Waals surface area contributed by atoms with E-state index in [0.717, 1.165) is 22.3 Å². The van der Waals surface area contributed by atoms with Crippen LogP contribution in [0.1, 0.15) is 28.9 Å². The first kappa shape index (κ1) is 16.1. The van der Waals surface area contributed by atoms with Crippen molar-refractivity contribution in [1.29, 1.82) is 0 Å². The first-order valence-corrected chi connectivity index (χ1v) is 8.61. The Morgan fingerprint density at radius 1 is 0.923 bits per heavy atom. The quantitative estimate of drug-likeness (QED) is 0.593. The molecule has 0 unspecified atom stereocenters. The van der Waals surface area contributed by atoms with Gasteiger partial charge in [0.25, 0.3) is 5.91 Å². The smallest absolute Gasteiger partial charge is 0.251 e. The molecule has 0 saturated heterocycles. The van der Waals surface area contributed by atoms with Crippen LogP contribution in [-0.4, -0.2) is 15.5 Å². The molecule has 0 aliphatic rings. The number of aromatic nitrogens is 2. The molecule has 4 nitrogen and oxygen atoms in total. The number of hydrogen-bond acceptors (Lipinski definition) is 2. The van der Waals surface area contributed by atoms with E-state index in [1.807, 2.05) is 90.4 Å². The highest BCUT2D eigenvalue weighted by molar-refractivity contribution is 5.94. The Balaban J connectivity index is 1.53. The maximum absolute atomic E-state index is 12.5. The van der Waals surface area contributed by atoms with Crippen LogP contribution in [0.15, 0.2) is 85.2 Å². The van der Waals surface area contributed by atoms with Crippen LogP contribution < -0.4 is 5.32 Å². The van der Waals surface area contributed by atoms with Crippen molar-refractivity contribution in [1.82, 2.24) is 14.9 Å². The molecule has 0 aliphatic carbocycles. The summed E-state index contributed by atoms with van der Waals surface area (Å²) in [6.45, 7) is 1.99. The summed E-state index contributed by atoms with van der Waals surface area (Å²) in [6.07, 6.45) is 1.80. The fourth-order valence-corrected chi connectivity index (χ4v) is 3.04. The van der Waals surface area contributed by atoms with Gasteiger partial charge in [0.2, 0.25) is 0 Å². The zero-order valence-corrected chi connectivity index (χ0v) is 14.5. The summed E-state index contributed by atoms with van der Waals surface area (Å²) in [5.74, 6) is -0.0802. The fraction of sp³-hybridized carbons (Fsp3) is 0.0909. The van der Waals surface area contributed by atoms with Crippen molar-refractivity contribution in [3.05, 3.63) is 96.3 Å². The molecular weight excluding hydrogens is 322 g/mol. The van der Waals surface area contributed by atoms with Crippen LogP contribution in [0, 0.1) is 0 Å². The van der Waals surface area contributed by atoms with E-state index in [2.05, 4.69) is 10.3 Å². The lowest BCUT2D eigenvalue weighted by atomic mass is 10.1. The van der Waals surface area contributed by atoms with Crippen molar-refractivity contribution in [3.63, 3.8) is 0 Å². The van der Waals surface area contributed by atoms with Gasteiger partial charge in [0.15, 0.2) is 0 Å². The van der Waals surface area contributed by atoms with Gasteiger partial charge in [-0.2, -0.15) is 0 Å². The largest absolute Gasteiger partial charge is 0.346 e. The topological polar surface area (TPSA) is 46.9 Å². The van der Waals surface area contributed by atoms with E-state index < -0.39 is 0 Å². The summed E-state index contributed by atoms with van der Waals surface area (Å²) in [5, 5.41) is 3.04. The van der Waals surface area contributed by atoms with Gasteiger partial charge < -0.3 is 5.32 Å². The molecule has 1 atom stereocenters. The number of hydrogen-bond donors (Lipinski definition) is 1. The zero-order chi connectivity index (χ0) is 17.9. The molecule has 0 spiro atoms. The average Bonchev–Trinajstić information content (AvgIpc) is 3.13. The summed E-state index contributed by atoms with van der Waals surface area (Å²) in [7, 11) is 0. The van der Waals surface area contributed by atoms with E-state index in [0.29, 0.717) is 5.56 Å². The summed E-state index contributed by atoms with van der Waals surface area (Å²) in [5.41, 5.74) is 4.70. The third kappa shape index (κ3) is 3.09. The minimum absolute atomic E-state index is 0.0408. The van der Waals surface area contributed by atoms with Gasteiger partial charge in [-0.15, -0.1) is 0 Å². The maximum Gasteiger partial charge on any atom is 0.251 e. The molecule has 0 radical (unpaired) electrons. The predicted molar refractivity (Wildman–Crippen MR) is 103 cm³/mol. The molecule has 0 aliphatic heterocycles. The van der Waals surface area contributed by atoms with Crippen LogP contribution in [0.5, 0.6) is 0 Å². The second-order valence-corrected chi connectivity index (χ2v) is 6.26. The molecule has 1 aromatic heterocycles. The van der Waals surface area contributed by atoms with Crippen molar-refractivity contribution < 1.29 is 4.79 Å². The van der Waals surface area contributed by atoms with Crippen molar-refractivity contribution in [2.75, 3.05) is 0 Å². The van der Waals surface area contributed by atoms with Gasteiger partial charge in [0.05, 0.1) is 17.1 Å². The van der Waals surface area contributed by atoms with Crippen LogP contribution in [0.3, 0.4) is 0 Å². The molecular formula is C22H19N3O. The molecule has 4 rings (SSSR count). The zero-order valence-electron chi connectivity index (χ0n) is 14.5. The standard InChI is InChI=1S/C22H19N3O/c1-16(17-7-3-2-4-8-17)24-22(26)18-11-13-19(14-12-18)25-15-23-20-9-5-6-10-21(20)25/h2-16H,1H3,(H,24,26)/t16-/m0/s1. The second-order valence-electron chi connectivity index (χ2n) is 6.26. The maximum atomic E-state index is 12.5. The number of benzene rings is 3. The Hall–Kier alpha value is -3.40. The number of carbonyl (C=O) groups excluding carboxylic acids is 1. The molecule has 1 heterocycles. The van der Waals surface area contributed by atoms with Crippen molar-refractivity contribution in [2.45, 2.75) is 13.0 Å². The third-order valence-corrected chi connectivity index (χ3v) is 4.51. The summed E-state index contributed by atoms with van der Waals surface area (Å²) >= 11 is 0. The molecule has 0 fully saturated rings. The first-order chi connectivity index (χ1) is 12.7. The molecule has 26 heavy (non-hydrogen) atoms. The minimum Gasteiger partial charge on any atom is -0.346 e. The normalized spacial score (nSPS) is 12.0. The van der Waals surface area contributed by atoms with E-state index in [9.17, 15) is 4.79 Å². The lowest BCUT2D eigenvalue weighted by Crippen LogP contribution is -2.26. The highest BCUT2D eigenvalue weighted by Crippen LogP contribution is 2.19. The number of fused-ring (bicyclic) bond motifs is 1. The molecule has 0 saturated carbocycles. The Labute approximate surface area is 152 Å².